The largest absolute Gasteiger partial charge is 0.482 e. The lowest BCUT2D eigenvalue weighted by molar-refractivity contribution is -0.132. The number of hydrogen-bond donors (Lipinski definition) is 1. The molecule has 0 atom stereocenters. The highest BCUT2D eigenvalue weighted by atomic mass is 35.5. The van der Waals surface area contributed by atoms with E-state index in [0.29, 0.717) is 59.4 Å². The summed E-state index contributed by atoms with van der Waals surface area (Å²) < 4.78 is 5.35. The fourth-order valence-corrected chi connectivity index (χ4v) is 4.48. The maximum atomic E-state index is 12.9. The van der Waals surface area contributed by atoms with Crippen molar-refractivity contribution in [2.24, 2.45) is 5.92 Å². The highest BCUT2D eigenvalue weighted by Crippen LogP contribution is 2.31. The lowest BCUT2D eigenvalue weighted by Crippen LogP contribution is -2.40. The summed E-state index contributed by atoms with van der Waals surface area (Å²) in [7, 11) is 0. The average Bonchev–Trinajstić information content (AvgIpc) is 2.80. The molecule has 6 nitrogen and oxygen atoms in total. The summed E-state index contributed by atoms with van der Waals surface area (Å²) in [5.74, 6) is 0.368. The number of amides is 2. The van der Waals surface area contributed by atoms with Gasteiger partial charge in [0.1, 0.15) is 5.75 Å². The van der Waals surface area contributed by atoms with Crippen molar-refractivity contribution in [3.05, 3.63) is 57.6 Å². The predicted molar refractivity (Wildman–Crippen MR) is 124 cm³/mol. The number of Topliss-reactive ketones (excluding diaryl/α,β-unsaturated/α-hetero) is 1. The van der Waals surface area contributed by atoms with E-state index in [9.17, 15) is 14.4 Å². The molecule has 2 amide bonds. The zero-order valence-corrected chi connectivity index (χ0v) is 19.0. The molecule has 0 aliphatic carbocycles. The third-order valence-electron chi connectivity index (χ3n) is 5.96. The van der Waals surface area contributed by atoms with Gasteiger partial charge in [-0.05, 0) is 61.6 Å². The van der Waals surface area contributed by atoms with E-state index in [4.69, 9.17) is 27.9 Å². The first-order valence-electron chi connectivity index (χ1n) is 10.7. The smallest absolute Gasteiger partial charge is 0.262 e. The Morgan fingerprint density at radius 2 is 1.84 bits per heavy atom. The van der Waals surface area contributed by atoms with Crippen molar-refractivity contribution in [3.63, 3.8) is 0 Å². The number of likely N-dealkylation sites (tertiary alicyclic amines) is 1. The van der Waals surface area contributed by atoms with Gasteiger partial charge >= 0.3 is 0 Å². The molecular formula is C24H24Cl2N2O4. The van der Waals surface area contributed by atoms with Gasteiger partial charge < -0.3 is 15.0 Å². The van der Waals surface area contributed by atoms with Gasteiger partial charge in [0.2, 0.25) is 5.91 Å². The first-order valence-corrected chi connectivity index (χ1v) is 11.5. The van der Waals surface area contributed by atoms with Crippen LogP contribution in [0.1, 0.15) is 41.6 Å². The minimum Gasteiger partial charge on any atom is -0.482 e. The van der Waals surface area contributed by atoms with E-state index < -0.39 is 0 Å². The summed E-state index contributed by atoms with van der Waals surface area (Å²) in [6.45, 7) is 1.14. The number of aryl methyl sites for hydroxylation is 1. The molecule has 2 aromatic rings. The van der Waals surface area contributed by atoms with Crippen LogP contribution in [0.5, 0.6) is 5.75 Å². The zero-order valence-electron chi connectivity index (χ0n) is 17.5. The molecule has 2 aliphatic rings. The van der Waals surface area contributed by atoms with Crippen LogP contribution in [0.2, 0.25) is 10.0 Å². The molecule has 0 saturated carbocycles. The number of piperidine rings is 1. The molecule has 8 heteroatoms. The number of carbonyl (C=O) groups excluding carboxylic acids is 3. The Morgan fingerprint density at radius 3 is 2.59 bits per heavy atom. The number of anilines is 1. The summed E-state index contributed by atoms with van der Waals surface area (Å²) in [5.41, 5.74) is 2.14. The number of nitrogens with zero attached hydrogens (tertiary/aromatic N) is 1. The molecule has 0 aromatic heterocycles. The predicted octanol–water partition coefficient (Wildman–Crippen LogP) is 4.77. The standard InChI is InChI=1S/C24H24Cl2N2O4/c25-18-6-4-15(12-19(18)26)2-1-3-23(30)28-10-8-16(9-11-28)24(31)17-5-7-21-20(13-17)27-22(29)14-32-21/h4-7,12-13,16H,1-3,8-11,14H2,(H,27,29). The van der Waals surface area contributed by atoms with E-state index in [0.717, 1.165) is 18.4 Å². The Bertz CT molecular complexity index is 1050. The minimum atomic E-state index is -0.229. The van der Waals surface area contributed by atoms with E-state index >= 15 is 0 Å². The van der Waals surface area contributed by atoms with Gasteiger partial charge in [-0.3, -0.25) is 14.4 Å². The number of benzene rings is 2. The van der Waals surface area contributed by atoms with Gasteiger partial charge in [-0.2, -0.15) is 0 Å². The van der Waals surface area contributed by atoms with Crippen LogP contribution < -0.4 is 10.1 Å². The average molecular weight is 475 g/mol. The number of carbonyl (C=O) groups is 3. The van der Waals surface area contributed by atoms with Crippen molar-refractivity contribution in [3.8, 4) is 5.75 Å². The molecule has 1 N–H and O–H groups in total. The fraction of sp³-hybridized carbons (Fsp3) is 0.375. The molecule has 0 bridgehead atoms. The second-order valence-electron chi connectivity index (χ2n) is 8.17. The van der Waals surface area contributed by atoms with Crippen molar-refractivity contribution in [2.45, 2.75) is 32.1 Å². The van der Waals surface area contributed by atoms with Crippen molar-refractivity contribution in [2.75, 3.05) is 25.0 Å². The number of hydrogen-bond acceptors (Lipinski definition) is 4. The highest BCUT2D eigenvalue weighted by Gasteiger charge is 2.28. The molecule has 1 fully saturated rings. The number of rotatable bonds is 6. The molecule has 2 aromatic carbocycles. The maximum Gasteiger partial charge on any atom is 0.262 e. The Hall–Kier alpha value is -2.57. The third-order valence-corrected chi connectivity index (χ3v) is 6.69. The second kappa shape index (κ2) is 9.92. The van der Waals surface area contributed by atoms with Gasteiger partial charge in [0.25, 0.3) is 5.91 Å². The second-order valence-corrected chi connectivity index (χ2v) is 8.98. The first kappa shape index (κ1) is 22.6. The van der Waals surface area contributed by atoms with Crippen LogP contribution in [0.4, 0.5) is 5.69 Å². The SMILES string of the molecule is O=C1COc2ccc(C(=O)C3CCN(C(=O)CCCc4ccc(Cl)c(Cl)c4)CC3)cc2N1. The summed E-state index contributed by atoms with van der Waals surface area (Å²) >= 11 is 12.0. The van der Waals surface area contributed by atoms with Crippen LogP contribution >= 0.6 is 23.2 Å². The quantitative estimate of drug-likeness (QED) is 0.611. The molecule has 1 saturated heterocycles. The van der Waals surface area contributed by atoms with E-state index in [1.165, 1.54) is 0 Å². The Labute approximate surface area is 196 Å². The zero-order chi connectivity index (χ0) is 22.7. The maximum absolute atomic E-state index is 12.9. The molecule has 2 heterocycles. The lowest BCUT2D eigenvalue weighted by Gasteiger charge is -2.31. The monoisotopic (exact) mass is 474 g/mol. The molecular weight excluding hydrogens is 451 g/mol. The van der Waals surface area contributed by atoms with E-state index in [2.05, 4.69) is 5.32 Å². The van der Waals surface area contributed by atoms with Crippen LogP contribution in [-0.4, -0.2) is 42.2 Å². The van der Waals surface area contributed by atoms with Gasteiger partial charge in [0, 0.05) is 31.0 Å². The topological polar surface area (TPSA) is 75.7 Å². The number of ether oxygens (including phenoxy) is 1. The summed E-state index contributed by atoms with van der Waals surface area (Å²) in [4.78, 5) is 38.9. The van der Waals surface area contributed by atoms with Crippen LogP contribution in [0.25, 0.3) is 0 Å². The number of nitrogens with one attached hydrogen (secondary N) is 1. The number of fused-ring (bicyclic) bond motifs is 1. The Morgan fingerprint density at radius 1 is 1.06 bits per heavy atom. The van der Waals surface area contributed by atoms with Crippen LogP contribution in [0.3, 0.4) is 0 Å². The van der Waals surface area contributed by atoms with Gasteiger partial charge in [0.15, 0.2) is 12.4 Å². The minimum absolute atomic E-state index is 0.0137. The molecule has 4 rings (SSSR count). The van der Waals surface area contributed by atoms with Crippen molar-refractivity contribution in [1.82, 2.24) is 4.90 Å². The van der Waals surface area contributed by atoms with E-state index in [-0.39, 0.29) is 30.1 Å². The van der Waals surface area contributed by atoms with Gasteiger partial charge in [0.05, 0.1) is 15.7 Å². The van der Waals surface area contributed by atoms with Gasteiger partial charge in [-0.1, -0.05) is 29.3 Å². The Kier molecular flexibility index (Phi) is 7.01. The molecule has 0 unspecified atom stereocenters. The normalized spacial score (nSPS) is 16.2. The highest BCUT2D eigenvalue weighted by molar-refractivity contribution is 6.42. The summed E-state index contributed by atoms with van der Waals surface area (Å²) in [5, 5.41) is 3.78. The lowest BCUT2D eigenvalue weighted by atomic mass is 9.88. The molecule has 2 aliphatic heterocycles. The van der Waals surface area contributed by atoms with Crippen LogP contribution in [0, 0.1) is 5.92 Å². The number of halogens is 2. The Balaban J connectivity index is 1.26. The third kappa shape index (κ3) is 5.25. The summed E-state index contributed by atoms with van der Waals surface area (Å²) in [6.07, 6.45) is 3.23. The van der Waals surface area contributed by atoms with E-state index in [1.54, 1.807) is 24.3 Å². The summed E-state index contributed by atoms with van der Waals surface area (Å²) in [6, 6.07) is 10.7. The van der Waals surface area contributed by atoms with Crippen molar-refractivity contribution >= 4 is 46.5 Å². The van der Waals surface area contributed by atoms with Crippen molar-refractivity contribution in [1.29, 1.82) is 0 Å². The molecule has 0 radical (unpaired) electrons. The fourth-order valence-electron chi connectivity index (χ4n) is 4.16. The molecule has 32 heavy (non-hydrogen) atoms. The number of ketones is 1. The van der Waals surface area contributed by atoms with Gasteiger partial charge in [-0.15, -0.1) is 0 Å². The van der Waals surface area contributed by atoms with E-state index in [1.807, 2.05) is 17.0 Å². The van der Waals surface area contributed by atoms with Crippen LogP contribution in [0.15, 0.2) is 36.4 Å². The van der Waals surface area contributed by atoms with Crippen molar-refractivity contribution < 1.29 is 19.1 Å². The molecule has 0 spiro atoms. The van der Waals surface area contributed by atoms with Gasteiger partial charge in [-0.25, -0.2) is 0 Å². The van der Waals surface area contributed by atoms with Crippen LogP contribution in [-0.2, 0) is 16.0 Å². The first-order chi connectivity index (χ1) is 15.4. The molecule has 168 valence electrons.